The molecule has 2 nitrogen and oxygen atoms in total. The Hall–Kier alpha value is -2.48. The molecule has 0 spiro atoms. The summed E-state index contributed by atoms with van der Waals surface area (Å²) in [6, 6.07) is 14.5. The van der Waals surface area contributed by atoms with E-state index >= 15 is 0 Å². The molecule has 0 saturated carbocycles. The van der Waals surface area contributed by atoms with E-state index in [-0.39, 0.29) is 0 Å². The van der Waals surface area contributed by atoms with Crippen molar-refractivity contribution in [2.24, 2.45) is 0 Å². The Bertz CT molecular complexity index is 825. The van der Waals surface area contributed by atoms with Gasteiger partial charge >= 0.3 is 0 Å². The van der Waals surface area contributed by atoms with Gasteiger partial charge in [-0.1, -0.05) is 36.4 Å². The highest BCUT2D eigenvalue weighted by molar-refractivity contribution is 5.93. The normalized spacial score (nSPS) is 11.0. The van der Waals surface area contributed by atoms with E-state index in [2.05, 4.69) is 49.7 Å². The van der Waals surface area contributed by atoms with Crippen LogP contribution in [0.5, 0.6) is 0 Å². The molecule has 0 atom stereocenters. The summed E-state index contributed by atoms with van der Waals surface area (Å²) >= 11 is 0. The van der Waals surface area contributed by atoms with Gasteiger partial charge in [0.1, 0.15) is 0 Å². The molecule has 0 unspecified atom stereocenters. The number of fused-ring (bicyclic) bond motifs is 1. The SMILES string of the molecule is C=C(C)Cc1c(-c2ccccc2C)[nH]c2ccc(N)cc12. The zero-order valence-corrected chi connectivity index (χ0v) is 12.5. The Balaban J connectivity index is 2.31. The number of hydrogen-bond acceptors (Lipinski definition) is 1. The van der Waals surface area contributed by atoms with E-state index in [1.165, 1.54) is 27.8 Å². The second-order valence-electron chi connectivity index (χ2n) is 5.73. The highest BCUT2D eigenvalue weighted by Gasteiger charge is 2.14. The topological polar surface area (TPSA) is 41.8 Å². The summed E-state index contributed by atoms with van der Waals surface area (Å²) in [4.78, 5) is 3.56. The number of aromatic amines is 1. The van der Waals surface area contributed by atoms with Gasteiger partial charge in [-0.05, 0) is 49.6 Å². The number of allylic oxidation sites excluding steroid dienone is 1. The van der Waals surface area contributed by atoms with E-state index < -0.39 is 0 Å². The van der Waals surface area contributed by atoms with Crippen LogP contribution in [0.15, 0.2) is 54.6 Å². The van der Waals surface area contributed by atoms with Crippen LogP contribution in [0.4, 0.5) is 5.69 Å². The smallest absolute Gasteiger partial charge is 0.0503 e. The molecule has 1 heterocycles. The molecule has 2 aromatic carbocycles. The Morgan fingerprint density at radius 2 is 1.95 bits per heavy atom. The lowest BCUT2D eigenvalue weighted by molar-refractivity contribution is 1.17. The van der Waals surface area contributed by atoms with Crippen molar-refractivity contribution in [3.8, 4) is 11.3 Å². The molecule has 21 heavy (non-hydrogen) atoms. The molecule has 0 aliphatic heterocycles. The average Bonchev–Trinajstić information content (AvgIpc) is 2.77. The van der Waals surface area contributed by atoms with E-state index in [1.54, 1.807) is 0 Å². The minimum Gasteiger partial charge on any atom is -0.399 e. The third-order valence-corrected chi connectivity index (χ3v) is 3.82. The van der Waals surface area contributed by atoms with Gasteiger partial charge in [-0.25, -0.2) is 0 Å². The summed E-state index contributed by atoms with van der Waals surface area (Å²) in [5.74, 6) is 0. The second-order valence-corrected chi connectivity index (χ2v) is 5.73. The van der Waals surface area contributed by atoms with Crippen LogP contribution in [-0.4, -0.2) is 4.98 Å². The number of nitrogens with one attached hydrogen (secondary N) is 1. The van der Waals surface area contributed by atoms with Gasteiger partial charge in [0.05, 0.1) is 5.69 Å². The zero-order valence-electron chi connectivity index (χ0n) is 12.5. The van der Waals surface area contributed by atoms with Crippen molar-refractivity contribution in [1.29, 1.82) is 0 Å². The number of benzene rings is 2. The lowest BCUT2D eigenvalue weighted by Crippen LogP contribution is -1.91. The third kappa shape index (κ3) is 2.45. The first-order valence-electron chi connectivity index (χ1n) is 7.16. The molecule has 0 radical (unpaired) electrons. The number of H-pyrrole nitrogens is 1. The molecular weight excluding hydrogens is 256 g/mol. The monoisotopic (exact) mass is 276 g/mol. The number of aromatic nitrogens is 1. The fourth-order valence-electron chi connectivity index (χ4n) is 2.83. The minimum absolute atomic E-state index is 0.792. The van der Waals surface area contributed by atoms with Gasteiger partial charge < -0.3 is 10.7 Å². The second kappa shape index (κ2) is 5.13. The van der Waals surface area contributed by atoms with Crippen LogP contribution in [-0.2, 0) is 6.42 Å². The summed E-state index contributed by atoms with van der Waals surface area (Å²) in [5.41, 5.74) is 14.0. The van der Waals surface area contributed by atoms with E-state index in [4.69, 9.17) is 5.73 Å². The Labute approximate surface area is 125 Å². The fraction of sp³-hybridized carbons (Fsp3) is 0.158. The van der Waals surface area contributed by atoms with Crippen molar-refractivity contribution in [1.82, 2.24) is 4.98 Å². The maximum absolute atomic E-state index is 5.97. The van der Waals surface area contributed by atoms with Gasteiger partial charge in [0.15, 0.2) is 0 Å². The van der Waals surface area contributed by atoms with Crippen molar-refractivity contribution in [2.75, 3.05) is 5.73 Å². The molecular formula is C19H20N2. The van der Waals surface area contributed by atoms with Crippen LogP contribution >= 0.6 is 0 Å². The van der Waals surface area contributed by atoms with Crippen LogP contribution < -0.4 is 5.73 Å². The summed E-state index contributed by atoms with van der Waals surface area (Å²) in [6.07, 6.45) is 0.854. The minimum atomic E-state index is 0.792. The number of nitrogens with two attached hydrogens (primary N) is 1. The largest absolute Gasteiger partial charge is 0.399 e. The van der Waals surface area contributed by atoms with Gasteiger partial charge in [-0.2, -0.15) is 0 Å². The molecule has 0 aliphatic carbocycles. The summed E-state index contributed by atoms with van der Waals surface area (Å²) < 4.78 is 0. The first kappa shape index (κ1) is 13.5. The van der Waals surface area contributed by atoms with Crippen molar-refractivity contribution in [2.45, 2.75) is 20.3 Å². The summed E-state index contributed by atoms with van der Waals surface area (Å²) in [7, 11) is 0. The lowest BCUT2D eigenvalue weighted by Gasteiger charge is -2.08. The number of anilines is 1. The van der Waals surface area contributed by atoms with Gasteiger partial charge in [0.25, 0.3) is 0 Å². The average molecular weight is 276 g/mol. The quantitative estimate of drug-likeness (QED) is 0.521. The Kier molecular flexibility index (Phi) is 3.30. The highest BCUT2D eigenvalue weighted by atomic mass is 14.7. The third-order valence-electron chi connectivity index (χ3n) is 3.82. The van der Waals surface area contributed by atoms with E-state index in [9.17, 15) is 0 Å². The molecule has 3 N–H and O–H groups in total. The first-order chi connectivity index (χ1) is 10.1. The number of rotatable bonds is 3. The van der Waals surface area contributed by atoms with Crippen molar-refractivity contribution in [3.63, 3.8) is 0 Å². The maximum atomic E-state index is 5.97. The van der Waals surface area contributed by atoms with Crippen molar-refractivity contribution in [3.05, 3.63) is 65.7 Å². The van der Waals surface area contributed by atoms with Crippen molar-refractivity contribution >= 4 is 16.6 Å². The predicted octanol–water partition coefficient (Wildman–Crippen LogP) is 4.84. The van der Waals surface area contributed by atoms with Crippen LogP contribution in [0, 0.1) is 6.92 Å². The number of nitrogen functional groups attached to an aromatic ring is 1. The molecule has 2 heteroatoms. The molecule has 106 valence electrons. The van der Waals surface area contributed by atoms with Crippen LogP contribution in [0.3, 0.4) is 0 Å². The standard InChI is InChI=1S/C19H20N2/c1-12(2)10-17-16-11-14(20)8-9-18(16)21-19(17)15-7-5-4-6-13(15)3/h4-9,11,21H,1,10,20H2,2-3H3. The molecule has 0 bridgehead atoms. The van der Waals surface area contributed by atoms with E-state index in [0.29, 0.717) is 0 Å². The Morgan fingerprint density at radius 3 is 2.67 bits per heavy atom. The van der Waals surface area contributed by atoms with Gasteiger partial charge in [0, 0.05) is 22.2 Å². The zero-order chi connectivity index (χ0) is 15.0. The van der Waals surface area contributed by atoms with Gasteiger partial charge in [-0.3, -0.25) is 0 Å². The van der Waals surface area contributed by atoms with Gasteiger partial charge in [0.2, 0.25) is 0 Å². The molecule has 0 fully saturated rings. The predicted molar refractivity (Wildman–Crippen MR) is 91.4 cm³/mol. The van der Waals surface area contributed by atoms with Gasteiger partial charge in [-0.15, -0.1) is 0 Å². The highest BCUT2D eigenvalue weighted by Crippen LogP contribution is 2.34. The molecule has 3 aromatic rings. The maximum Gasteiger partial charge on any atom is 0.0503 e. The van der Waals surface area contributed by atoms with Crippen LogP contribution in [0.1, 0.15) is 18.1 Å². The van der Waals surface area contributed by atoms with Crippen LogP contribution in [0.2, 0.25) is 0 Å². The van der Waals surface area contributed by atoms with Crippen molar-refractivity contribution < 1.29 is 0 Å². The van der Waals surface area contributed by atoms with Crippen LogP contribution in [0.25, 0.3) is 22.2 Å². The summed E-state index contributed by atoms with van der Waals surface area (Å²) in [5, 5.41) is 1.19. The molecule has 3 rings (SSSR count). The first-order valence-corrected chi connectivity index (χ1v) is 7.16. The lowest BCUT2D eigenvalue weighted by atomic mass is 9.97. The van der Waals surface area contributed by atoms with E-state index in [1.807, 2.05) is 18.2 Å². The molecule has 1 aromatic heterocycles. The summed E-state index contributed by atoms with van der Waals surface area (Å²) in [6.45, 7) is 8.27. The fourth-order valence-corrected chi connectivity index (χ4v) is 2.83. The molecule has 0 saturated heterocycles. The number of aryl methyl sites for hydroxylation is 1. The number of hydrogen-bond donors (Lipinski definition) is 2. The molecule has 0 amide bonds. The van der Waals surface area contributed by atoms with E-state index in [0.717, 1.165) is 23.2 Å². The molecule has 0 aliphatic rings. The Morgan fingerprint density at radius 1 is 1.19 bits per heavy atom.